The normalized spacial score (nSPS) is 10.3. The summed E-state index contributed by atoms with van der Waals surface area (Å²) in [6.45, 7) is 3.69. The average molecular weight is 410 g/mol. The lowest BCUT2D eigenvalue weighted by atomic mass is 10.3. The largest absolute Gasteiger partial charge is 0.325 e. The molecule has 2 aromatic rings. The van der Waals surface area contributed by atoms with E-state index < -0.39 is 5.91 Å². The first-order valence-electron chi connectivity index (χ1n) is 8.05. The Bertz CT molecular complexity index is 822. The van der Waals surface area contributed by atoms with Gasteiger partial charge in [-0.25, -0.2) is 0 Å². The average Bonchev–Trinajstić information content (AvgIpc) is 2.92. The third kappa shape index (κ3) is 7.32. The topological polar surface area (TPSA) is 105 Å². The number of carbonyl (C=O) groups is 3. The summed E-state index contributed by atoms with van der Waals surface area (Å²) in [4.78, 5) is 35.4. The van der Waals surface area contributed by atoms with Crippen molar-refractivity contribution in [3.8, 4) is 0 Å². The van der Waals surface area contributed by atoms with Gasteiger partial charge in [0, 0.05) is 16.4 Å². The zero-order valence-corrected chi connectivity index (χ0v) is 16.5. The lowest BCUT2D eigenvalue weighted by molar-refractivity contribution is -0.128. The monoisotopic (exact) mass is 409 g/mol. The molecule has 1 aromatic heterocycles. The van der Waals surface area contributed by atoms with E-state index in [0.29, 0.717) is 10.7 Å². The Morgan fingerprint density at radius 1 is 1.04 bits per heavy atom. The summed E-state index contributed by atoms with van der Waals surface area (Å²) in [5.41, 5.74) is 6.94. The van der Waals surface area contributed by atoms with Crippen molar-refractivity contribution < 1.29 is 14.4 Å². The smallest absolute Gasteiger partial charge is 0.260 e. The molecule has 0 saturated carbocycles. The zero-order valence-electron chi connectivity index (χ0n) is 14.9. The van der Waals surface area contributed by atoms with Gasteiger partial charge in [0.25, 0.3) is 5.91 Å². The summed E-state index contributed by atoms with van der Waals surface area (Å²) >= 11 is 6.91. The van der Waals surface area contributed by atoms with Crippen molar-refractivity contribution >= 4 is 46.8 Å². The second kappa shape index (κ2) is 9.98. The van der Waals surface area contributed by atoms with Crippen LogP contribution in [0, 0.1) is 13.8 Å². The molecule has 0 saturated heterocycles. The van der Waals surface area contributed by atoms with Crippen molar-refractivity contribution in [2.45, 2.75) is 20.4 Å². The first-order valence-corrected chi connectivity index (χ1v) is 9.58. The van der Waals surface area contributed by atoms with Gasteiger partial charge in [0.05, 0.1) is 17.2 Å². The van der Waals surface area contributed by atoms with Gasteiger partial charge in [0.2, 0.25) is 11.8 Å². The molecule has 3 amide bonds. The second-order valence-corrected chi connectivity index (χ2v) is 7.15. The molecule has 1 aromatic carbocycles. The first kappa shape index (κ1) is 20.8. The summed E-state index contributed by atoms with van der Waals surface area (Å²) in [5, 5.41) is 7.45. The Labute approximate surface area is 166 Å². The van der Waals surface area contributed by atoms with E-state index >= 15 is 0 Å². The lowest BCUT2D eigenvalue weighted by Gasteiger charge is -2.08. The molecule has 0 bridgehead atoms. The first-order chi connectivity index (χ1) is 12.8. The fraction of sp³-hybridized carbons (Fsp3) is 0.294. The molecule has 0 aliphatic heterocycles. The summed E-state index contributed by atoms with van der Waals surface area (Å²) in [7, 11) is 0. The molecule has 3 N–H and O–H groups in total. The Morgan fingerprint density at radius 2 is 1.67 bits per heavy atom. The number of rotatable bonds is 7. The van der Waals surface area contributed by atoms with E-state index in [4.69, 9.17) is 11.6 Å². The van der Waals surface area contributed by atoms with Gasteiger partial charge in [-0.05, 0) is 44.2 Å². The van der Waals surface area contributed by atoms with Crippen LogP contribution in [0.4, 0.5) is 5.69 Å². The van der Waals surface area contributed by atoms with Crippen molar-refractivity contribution in [2.75, 3.05) is 16.8 Å². The van der Waals surface area contributed by atoms with Crippen LogP contribution >= 0.6 is 23.4 Å². The standard InChI is InChI=1S/C17H20ClN5O3S/c1-11-7-12(2)23(22-11)8-15(24)20-21-17(26)10-27-9-16(25)19-14-5-3-13(18)4-6-14/h3-7H,8-10H2,1-2H3,(H,19,25)(H,20,24)(H,21,26). The molecule has 0 radical (unpaired) electrons. The maximum atomic E-state index is 11.8. The molecule has 2 rings (SSSR count). The van der Waals surface area contributed by atoms with Gasteiger partial charge in [-0.2, -0.15) is 5.10 Å². The summed E-state index contributed by atoms with van der Waals surface area (Å²) < 4.78 is 1.55. The number of halogens is 1. The molecular weight excluding hydrogens is 390 g/mol. The van der Waals surface area contributed by atoms with E-state index in [-0.39, 0.29) is 29.9 Å². The predicted molar refractivity (Wildman–Crippen MR) is 105 cm³/mol. The highest BCUT2D eigenvalue weighted by molar-refractivity contribution is 8.00. The third-order valence-electron chi connectivity index (χ3n) is 3.33. The van der Waals surface area contributed by atoms with E-state index in [9.17, 15) is 14.4 Å². The van der Waals surface area contributed by atoms with E-state index in [0.717, 1.165) is 23.1 Å². The minimum absolute atomic E-state index is 0.0105. The molecule has 27 heavy (non-hydrogen) atoms. The minimum Gasteiger partial charge on any atom is -0.325 e. The summed E-state index contributed by atoms with van der Waals surface area (Å²) in [6, 6.07) is 8.59. The van der Waals surface area contributed by atoms with Crippen LogP contribution in [-0.4, -0.2) is 39.0 Å². The molecule has 8 nitrogen and oxygen atoms in total. The molecule has 0 unspecified atom stereocenters. The highest BCUT2D eigenvalue weighted by Gasteiger charge is 2.09. The van der Waals surface area contributed by atoms with E-state index in [1.54, 1.807) is 28.9 Å². The quantitative estimate of drug-likeness (QED) is 0.603. The maximum absolute atomic E-state index is 11.8. The molecule has 144 valence electrons. The predicted octanol–water partition coefficient (Wildman–Crippen LogP) is 1.67. The third-order valence-corrected chi connectivity index (χ3v) is 4.52. The van der Waals surface area contributed by atoms with E-state index in [1.807, 2.05) is 19.9 Å². The van der Waals surface area contributed by atoms with Crippen LogP contribution in [0.5, 0.6) is 0 Å². The number of nitrogens with zero attached hydrogens (tertiary/aromatic N) is 2. The van der Waals surface area contributed by atoms with E-state index in [2.05, 4.69) is 21.3 Å². The number of aryl methyl sites for hydroxylation is 2. The second-order valence-electron chi connectivity index (χ2n) is 5.73. The number of amides is 3. The van der Waals surface area contributed by atoms with Crippen molar-refractivity contribution in [1.82, 2.24) is 20.6 Å². The Balaban J connectivity index is 1.62. The minimum atomic E-state index is -0.402. The van der Waals surface area contributed by atoms with Crippen molar-refractivity contribution in [2.24, 2.45) is 0 Å². The fourth-order valence-corrected chi connectivity index (χ4v) is 2.90. The van der Waals surface area contributed by atoms with Crippen molar-refractivity contribution in [1.29, 1.82) is 0 Å². The number of carbonyl (C=O) groups excluding carboxylic acids is 3. The molecule has 0 fully saturated rings. The van der Waals surface area contributed by atoms with Crippen LogP contribution in [0.15, 0.2) is 30.3 Å². The number of hydrazine groups is 1. The van der Waals surface area contributed by atoms with Crippen LogP contribution in [0.25, 0.3) is 0 Å². The maximum Gasteiger partial charge on any atom is 0.260 e. The zero-order chi connectivity index (χ0) is 19.8. The van der Waals surface area contributed by atoms with Crippen LogP contribution in [-0.2, 0) is 20.9 Å². The van der Waals surface area contributed by atoms with Gasteiger partial charge in [0.15, 0.2) is 0 Å². The fourth-order valence-electron chi connectivity index (χ4n) is 2.15. The Hall–Kier alpha value is -2.52. The Kier molecular flexibility index (Phi) is 7.68. The van der Waals surface area contributed by atoms with Gasteiger partial charge in [-0.15, -0.1) is 11.8 Å². The molecule has 0 spiro atoms. The SMILES string of the molecule is Cc1cc(C)n(CC(=O)NNC(=O)CSCC(=O)Nc2ccc(Cl)cc2)n1. The summed E-state index contributed by atoms with van der Waals surface area (Å²) in [5.74, 6) is -0.881. The van der Waals surface area contributed by atoms with Crippen LogP contribution in [0.2, 0.25) is 5.02 Å². The molecule has 0 atom stereocenters. The number of nitrogens with one attached hydrogen (secondary N) is 3. The summed E-state index contributed by atoms with van der Waals surface area (Å²) in [6.07, 6.45) is 0. The number of anilines is 1. The lowest BCUT2D eigenvalue weighted by Crippen LogP contribution is -2.44. The number of benzene rings is 1. The van der Waals surface area contributed by atoms with Gasteiger partial charge in [0.1, 0.15) is 6.54 Å². The molecule has 10 heteroatoms. The highest BCUT2D eigenvalue weighted by Crippen LogP contribution is 2.13. The number of thioether (sulfide) groups is 1. The molecule has 1 heterocycles. The van der Waals surface area contributed by atoms with Crippen LogP contribution in [0.3, 0.4) is 0 Å². The van der Waals surface area contributed by atoms with Crippen LogP contribution in [0.1, 0.15) is 11.4 Å². The van der Waals surface area contributed by atoms with Gasteiger partial charge in [-0.3, -0.25) is 29.9 Å². The molecular formula is C17H20ClN5O3S. The van der Waals surface area contributed by atoms with Crippen molar-refractivity contribution in [3.05, 3.63) is 46.7 Å². The highest BCUT2D eigenvalue weighted by atomic mass is 35.5. The number of aromatic nitrogens is 2. The van der Waals surface area contributed by atoms with Crippen LogP contribution < -0.4 is 16.2 Å². The van der Waals surface area contributed by atoms with E-state index in [1.165, 1.54) is 0 Å². The number of hydrogen-bond acceptors (Lipinski definition) is 5. The molecule has 0 aliphatic carbocycles. The Morgan fingerprint density at radius 3 is 2.30 bits per heavy atom. The van der Waals surface area contributed by atoms with Gasteiger partial charge in [-0.1, -0.05) is 11.6 Å². The van der Waals surface area contributed by atoms with Gasteiger partial charge < -0.3 is 5.32 Å². The number of hydrogen-bond donors (Lipinski definition) is 3. The molecule has 0 aliphatic rings. The van der Waals surface area contributed by atoms with Crippen molar-refractivity contribution in [3.63, 3.8) is 0 Å². The van der Waals surface area contributed by atoms with Gasteiger partial charge >= 0.3 is 0 Å².